The van der Waals surface area contributed by atoms with Gasteiger partial charge in [0.15, 0.2) is 0 Å². The number of rotatable bonds is 6. The van der Waals surface area contributed by atoms with Gasteiger partial charge < -0.3 is 9.84 Å². The number of hydrogen-bond donors (Lipinski definition) is 1. The average molecular weight is 476 g/mol. The Hall–Kier alpha value is -3.18. The molecule has 1 N–H and O–H groups in total. The number of carbonyl (C=O) groups excluding carboxylic acids is 1. The lowest BCUT2D eigenvalue weighted by Gasteiger charge is -2.24. The van der Waals surface area contributed by atoms with E-state index in [-0.39, 0.29) is 23.9 Å². The number of aliphatic hydroxyl groups excluding tert-OH is 1. The van der Waals surface area contributed by atoms with Crippen molar-refractivity contribution in [3.8, 4) is 11.1 Å². The van der Waals surface area contributed by atoms with E-state index in [2.05, 4.69) is 12.1 Å². The first-order chi connectivity index (χ1) is 16.6. The molecule has 3 atom stereocenters. The fourth-order valence-corrected chi connectivity index (χ4v) is 4.88. The fraction of sp³-hybridized carbons (Fsp3) is 0.367. The van der Waals surface area contributed by atoms with E-state index in [0.717, 1.165) is 38.9 Å². The van der Waals surface area contributed by atoms with Crippen LogP contribution < -0.4 is 0 Å². The van der Waals surface area contributed by atoms with Crippen LogP contribution in [-0.2, 0) is 11.3 Å². The summed E-state index contributed by atoms with van der Waals surface area (Å²) in [7, 11) is 0. The Kier molecular flexibility index (Phi) is 7.00. The Morgan fingerprint density at radius 3 is 2.46 bits per heavy atom. The third kappa shape index (κ3) is 4.96. The van der Waals surface area contributed by atoms with Crippen molar-refractivity contribution in [2.75, 3.05) is 0 Å². The lowest BCUT2D eigenvalue weighted by atomic mass is 9.90. The molecular formula is C30H34FNO3. The summed E-state index contributed by atoms with van der Waals surface area (Å²) in [6, 6.07) is 17.1. The van der Waals surface area contributed by atoms with Crippen LogP contribution in [0.4, 0.5) is 9.18 Å². The first-order valence-electron chi connectivity index (χ1n) is 12.2. The molecular weight excluding hydrogens is 441 g/mol. The lowest BCUT2D eigenvalue weighted by Crippen LogP contribution is -2.31. The summed E-state index contributed by atoms with van der Waals surface area (Å²) >= 11 is 0. The highest BCUT2D eigenvalue weighted by molar-refractivity contribution is 5.74. The second kappa shape index (κ2) is 9.82. The lowest BCUT2D eigenvalue weighted by molar-refractivity contribution is 0.130. The monoisotopic (exact) mass is 475 g/mol. The van der Waals surface area contributed by atoms with Gasteiger partial charge in [-0.1, -0.05) is 55.8 Å². The molecule has 5 heteroatoms. The Morgan fingerprint density at radius 2 is 1.77 bits per heavy atom. The summed E-state index contributed by atoms with van der Waals surface area (Å²) in [5.41, 5.74) is 7.27. The van der Waals surface area contributed by atoms with Gasteiger partial charge in [-0.05, 0) is 90.8 Å². The second-order valence-electron chi connectivity index (χ2n) is 10.0. The SMILES string of the molecule is Cc1ccc(-c2cc(C(C)C)c(F)cc2C)c(CN2C(=O)O[C@H](c3cccc(C(C)O)c3)[C@@H]2C)c1. The summed E-state index contributed by atoms with van der Waals surface area (Å²) in [6.07, 6.45) is -1.38. The first-order valence-corrected chi connectivity index (χ1v) is 12.2. The molecule has 0 aliphatic carbocycles. The molecule has 35 heavy (non-hydrogen) atoms. The normalized spacial score (nSPS) is 18.8. The van der Waals surface area contributed by atoms with Crippen LogP contribution in [0.5, 0.6) is 0 Å². The molecule has 0 spiro atoms. The zero-order valence-corrected chi connectivity index (χ0v) is 21.3. The van der Waals surface area contributed by atoms with Crippen LogP contribution in [0.15, 0.2) is 54.6 Å². The van der Waals surface area contributed by atoms with Gasteiger partial charge in [-0.25, -0.2) is 9.18 Å². The Bertz CT molecular complexity index is 1250. The van der Waals surface area contributed by atoms with Gasteiger partial charge in [0, 0.05) is 0 Å². The Balaban J connectivity index is 1.69. The molecule has 1 amide bonds. The summed E-state index contributed by atoms with van der Waals surface area (Å²) in [6.45, 7) is 12.0. The molecule has 0 aromatic heterocycles. The van der Waals surface area contributed by atoms with E-state index >= 15 is 0 Å². The van der Waals surface area contributed by atoms with E-state index in [4.69, 9.17) is 4.74 Å². The van der Waals surface area contributed by atoms with Crippen molar-refractivity contribution in [1.82, 2.24) is 4.90 Å². The molecule has 3 aromatic carbocycles. The van der Waals surface area contributed by atoms with E-state index in [1.165, 1.54) is 0 Å². The maximum Gasteiger partial charge on any atom is 0.411 e. The van der Waals surface area contributed by atoms with Crippen LogP contribution in [0.25, 0.3) is 11.1 Å². The first kappa shape index (κ1) is 24.9. The summed E-state index contributed by atoms with van der Waals surface area (Å²) in [4.78, 5) is 14.7. The van der Waals surface area contributed by atoms with Gasteiger partial charge in [0.05, 0.1) is 18.7 Å². The third-order valence-electron chi connectivity index (χ3n) is 6.97. The highest BCUT2D eigenvalue weighted by Crippen LogP contribution is 2.37. The van der Waals surface area contributed by atoms with E-state index in [9.17, 15) is 14.3 Å². The number of cyclic esters (lactones) is 1. The van der Waals surface area contributed by atoms with Gasteiger partial charge in [-0.15, -0.1) is 0 Å². The van der Waals surface area contributed by atoms with Crippen molar-refractivity contribution in [1.29, 1.82) is 0 Å². The molecule has 0 saturated carbocycles. The van der Waals surface area contributed by atoms with Crippen LogP contribution in [-0.4, -0.2) is 22.1 Å². The summed E-state index contributed by atoms with van der Waals surface area (Å²) in [5, 5.41) is 9.97. The molecule has 3 aromatic rings. The molecule has 4 rings (SSSR count). The minimum atomic E-state index is -0.594. The number of ether oxygens (including phenoxy) is 1. The van der Waals surface area contributed by atoms with Crippen molar-refractivity contribution in [2.45, 2.75) is 72.3 Å². The quantitative estimate of drug-likeness (QED) is 0.405. The molecule has 1 fully saturated rings. The van der Waals surface area contributed by atoms with Crippen molar-refractivity contribution >= 4 is 6.09 Å². The van der Waals surface area contributed by atoms with Crippen LogP contribution in [0.2, 0.25) is 0 Å². The molecule has 1 saturated heterocycles. The van der Waals surface area contributed by atoms with Gasteiger partial charge in [0.1, 0.15) is 11.9 Å². The number of nitrogens with zero attached hydrogens (tertiary/aromatic N) is 1. The van der Waals surface area contributed by atoms with Gasteiger partial charge in [-0.3, -0.25) is 4.90 Å². The smallest absolute Gasteiger partial charge is 0.411 e. The molecule has 1 unspecified atom stereocenters. The molecule has 0 bridgehead atoms. The maximum atomic E-state index is 14.6. The van der Waals surface area contributed by atoms with Crippen molar-refractivity contribution in [3.05, 3.63) is 93.8 Å². The summed E-state index contributed by atoms with van der Waals surface area (Å²) < 4.78 is 20.4. The van der Waals surface area contributed by atoms with Crippen LogP contribution in [0.3, 0.4) is 0 Å². The van der Waals surface area contributed by atoms with Gasteiger partial charge >= 0.3 is 6.09 Å². The number of aryl methyl sites for hydroxylation is 2. The number of carbonyl (C=O) groups is 1. The molecule has 1 aliphatic heterocycles. The molecule has 184 valence electrons. The molecule has 0 radical (unpaired) electrons. The van der Waals surface area contributed by atoms with Crippen molar-refractivity contribution < 1.29 is 19.0 Å². The standard InChI is InChI=1S/C30H34FNO3/c1-17(2)26-15-27(19(4)13-28(26)31)25-11-10-18(3)12-24(25)16-32-20(5)29(35-30(32)34)23-9-7-8-22(14-23)21(6)33/h7-15,17,20-21,29,33H,16H2,1-6H3/t20-,21?,29-/m0/s1. The number of halogens is 1. The number of hydrogen-bond acceptors (Lipinski definition) is 3. The molecule has 1 heterocycles. The largest absolute Gasteiger partial charge is 0.439 e. The minimum Gasteiger partial charge on any atom is -0.439 e. The second-order valence-corrected chi connectivity index (χ2v) is 10.0. The minimum absolute atomic E-state index is 0.0648. The van der Waals surface area contributed by atoms with E-state index in [0.29, 0.717) is 12.1 Å². The third-order valence-corrected chi connectivity index (χ3v) is 6.97. The molecule has 1 aliphatic rings. The van der Waals surface area contributed by atoms with Gasteiger partial charge in [0.25, 0.3) is 0 Å². The predicted molar refractivity (Wildman–Crippen MR) is 137 cm³/mol. The zero-order valence-electron chi connectivity index (χ0n) is 21.3. The van der Waals surface area contributed by atoms with E-state index < -0.39 is 12.2 Å². The van der Waals surface area contributed by atoms with Crippen molar-refractivity contribution in [2.24, 2.45) is 0 Å². The number of benzene rings is 3. The number of amides is 1. The zero-order chi connectivity index (χ0) is 25.4. The Labute approximate surface area is 207 Å². The van der Waals surface area contributed by atoms with Crippen LogP contribution >= 0.6 is 0 Å². The maximum absolute atomic E-state index is 14.6. The fourth-order valence-electron chi connectivity index (χ4n) is 4.88. The predicted octanol–water partition coefficient (Wildman–Crippen LogP) is 7.37. The number of aliphatic hydroxyl groups is 1. The van der Waals surface area contributed by atoms with E-state index in [1.807, 2.05) is 71.0 Å². The molecule has 4 nitrogen and oxygen atoms in total. The van der Waals surface area contributed by atoms with Gasteiger partial charge in [0.2, 0.25) is 0 Å². The van der Waals surface area contributed by atoms with E-state index in [1.54, 1.807) is 17.9 Å². The van der Waals surface area contributed by atoms with Gasteiger partial charge in [-0.2, -0.15) is 0 Å². The van der Waals surface area contributed by atoms with Crippen LogP contribution in [0, 0.1) is 19.7 Å². The van der Waals surface area contributed by atoms with Crippen LogP contribution in [0.1, 0.15) is 79.2 Å². The average Bonchev–Trinajstić information content (AvgIpc) is 3.08. The highest BCUT2D eigenvalue weighted by Gasteiger charge is 2.40. The topological polar surface area (TPSA) is 49.8 Å². The highest BCUT2D eigenvalue weighted by atomic mass is 19.1. The van der Waals surface area contributed by atoms with Crippen molar-refractivity contribution in [3.63, 3.8) is 0 Å². The summed E-state index contributed by atoms with van der Waals surface area (Å²) in [5.74, 6) is -0.121. The Morgan fingerprint density at radius 1 is 1.03 bits per heavy atom.